The number of hydrogen-bond donors (Lipinski definition) is 2. The van der Waals surface area contributed by atoms with Gasteiger partial charge in [-0.3, -0.25) is 9.59 Å². The molecule has 3 aliphatic rings. The monoisotopic (exact) mass is 436 g/mol. The van der Waals surface area contributed by atoms with Gasteiger partial charge in [0.25, 0.3) is 0 Å². The maximum Gasteiger partial charge on any atom is 0.303 e. The smallest absolute Gasteiger partial charge is 0.303 e. The van der Waals surface area contributed by atoms with Crippen LogP contribution in [0.25, 0.3) is 0 Å². The van der Waals surface area contributed by atoms with Crippen molar-refractivity contribution in [2.24, 2.45) is 17.8 Å². The van der Waals surface area contributed by atoms with E-state index in [1.54, 1.807) is 20.8 Å². The Kier molecular flexibility index (Phi) is 6.44. The van der Waals surface area contributed by atoms with Gasteiger partial charge in [-0.15, -0.1) is 0 Å². The highest BCUT2D eigenvalue weighted by Gasteiger charge is 2.62. The second kappa shape index (κ2) is 8.34. The minimum Gasteiger partial charge on any atom is -0.459 e. The standard InChI is InChI=1S/C24H36O7/c1-12-8-9-18(30-15(4)26)24(7,28)22-20-19(16(10-12)31-22)13(2)11-17(29-14(3)25)21(20)23(5,6)27/h8,11,16-22,27-28H,9-10H2,1-7H3. The van der Waals surface area contributed by atoms with E-state index in [1.807, 2.05) is 26.0 Å². The van der Waals surface area contributed by atoms with Crippen molar-refractivity contribution in [3.8, 4) is 0 Å². The Labute approximate surface area is 184 Å². The minimum atomic E-state index is -1.51. The van der Waals surface area contributed by atoms with E-state index >= 15 is 0 Å². The molecule has 2 heterocycles. The predicted molar refractivity (Wildman–Crippen MR) is 114 cm³/mol. The molecule has 0 aromatic carbocycles. The molecule has 1 saturated heterocycles. The molecule has 2 N–H and O–H groups in total. The molecule has 31 heavy (non-hydrogen) atoms. The van der Waals surface area contributed by atoms with Crippen molar-refractivity contribution < 1.29 is 34.0 Å². The van der Waals surface area contributed by atoms with E-state index in [9.17, 15) is 19.8 Å². The average molecular weight is 437 g/mol. The molecule has 2 aliphatic heterocycles. The Hall–Kier alpha value is -1.70. The van der Waals surface area contributed by atoms with Gasteiger partial charge < -0.3 is 24.4 Å². The van der Waals surface area contributed by atoms with Gasteiger partial charge in [0.1, 0.15) is 17.8 Å². The highest BCUT2D eigenvalue weighted by atomic mass is 16.6. The normalized spacial score (nSPS) is 40.5. The second-order valence-corrected chi connectivity index (χ2v) is 10.2. The van der Waals surface area contributed by atoms with E-state index in [4.69, 9.17) is 14.2 Å². The molecule has 7 nitrogen and oxygen atoms in total. The van der Waals surface area contributed by atoms with E-state index in [0.717, 1.165) is 11.1 Å². The van der Waals surface area contributed by atoms with Crippen molar-refractivity contribution in [3.63, 3.8) is 0 Å². The molecule has 8 unspecified atom stereocenters. The number of esters is 2. The lowest BCUT2D eigenvalue weighted by Gasteiger charge is -2.48. The van der Waals surface area contributed by atoms with Crippen LogP contribution in [0, 0.1) is 17.8 Å². The highest BCUT2D eigenvalue weighted by molar-refractivity contribution is 5.66. The third kappa shape index (κ3) is 4.59. The van der Waals surface area contributed by atoms with Crippen molar-refractivity contribution in [1.29, 1.82) is 0 Å². The number of ether oxygens (including phenoxy) is 3. The van der Waals surface area contributed by atoms with E-state index in [-0.39, 0.29) is 17.9 Å². The van der Waals surface area contributed by atoms with Crippen LogP contribution in [-0.4, -0.2) is 57.8 Å². The summed E-state index contributed by atoms with van der Waals surface area (Å²) in [6.45, 7) is 11.7. The lowest BCUT2D eigenvalue weighted by atomic mass is 9.60. The fraction of sp³-hybridized carbons (Fsp3) is 0.750. The molecule has 0 amide bonds. The van der Waals surface area contributed by atoms with E-state index in [0.29, 0.717) is 12.8 Å². The largest absolute Gasteiger partial charge is 0.459 e. The summed E-state index contributed by atoms with van der Waals surface area (Å²) in [6, 6.07) is 0. The van der Waals surface area contributed by atoms with Crippen LogP contribution < -0.4 is 0 Å². The van der Waals surface area contributed by atoms with Crippen LogP contribution in [0.15, 0.2) is 23.3 Å². The van der Waals surface area contributed by atoms with Gasteiger partial charge in [0.15, 0.2) is 0 Å². The van der Waals surface area contributed by atoms with E-state index < -0.39 is 47.4 Å². The van der Waals surface area contributed by atoms with Crippen LogP contribution >= 0.6 is 0 Å². The molecule has 0 aromatic heterocycles. The topological polar surface area (TPSA) is 102 Å². The van der Waals surface area contributed by atoms with Crippen molar-refractivity contribution in [3.05, 3.63) is 23.3 Å². The number of carbonyl (C=O) groups excluding carboxylic acids is 2. The Balaban J connectivity index is 2.16. The number of fused-ring (bicyclic) bond motifs is 5. The van der Waals surface area contributed by atoms with Crippen molar-refractivity contribution in [2.75, 3.05) is 0 Å². The van der Waals surface area contributed by atoms with Crippen LogP contribution in [0.1, 0.15) is 61.3 Å². The first kappa shape index (κ1) is 24.0. The fourth-order valence-corrected chi connectivity index (χ4v) is 5.87. The van der Waals surface area contributed by atoms with Gasteiger partial charge in [0.05, 0.1) is 17.8 Å². The second-order valence-electron chi connectivity index (χ2n) is 10.2. The summed E-state index contributed by atoms with van der Waals surface area (Å²) in [5, 5.41) is 22.9. The first-order valence-electron chi connectivity index (χ1n) is 11.0. The van der Waals surface area contributed by atoms with E-state index in [1.165, 1.54) is 13.8 Å². The van der Waals surface area contributed by atoms with Gasteiger partial charge in [-0.25, -0.2) is 0 Å². The molecule has 0 radical (unpaired) electrons. The lowest BCUT2D eigenvalue weighted by Crippen LogP contribution is -2.59. The van der Waals surface area contributed by atoms with Gasteiger partial charge >= 0.3 is 11.9 Å². The van der Waals surface area contributed by atoms with Crippen LogP contribution in [-0.2, 0) is 23.8 Å². The van der Waals surface area contributed by atoms with Crippen molar-refractivity contribution in [1.82, 2.24) is 0 Å². The average Bonchev–Trinajstić information content (AvgIpc) is 2.97. The Morgan fingerprint density at radius 1 is 1.19 bits per heavy atom. The van der Waals surface area contributed by atoms with E-state index in [2.05, 4.69) is 0 Å². The Bertz CT molecular complexity index is 788. The van der Waals surface area contributed by atoms with Gasteiger partial charge in [-0.1, -0.05) is 17.2 Å². The maximum absolute atomic E-state index is 11.8. The Morgan fingerprint density at radius 3 is 2.35 bits per heavy atom. The first-order valence-corrected chi connectivity index (χ1v) is 11.0. The van der Waals surface area contributed by atoms with Gasteiger partial charge in [0.2, 0.25) is 0 Å². The third-order valence-corrected chi connectivity index (χ3v) is 7.07. The van der Waals surface area contributed by atoms with Crippen molar-refractivity contribution >= 4 is 11.9 Å². The summed E-state index contributed by atoms with van der Waals surface area (Å²) < 4.78 is 17.7. The summed E-state index contributed by atoms with van der Waals surface area (Å²) in [7, 11) is 0. The third-order valence-electron chi connectivity index (χ3n) is 7.07. The quantitative estimate of drug-likeness (QED) is 0.518. The summed E-state index contributed by atoms with van der Waals surface area (Å²) >= 11 is 0. The summed E-state index contributed by atoms with van der Waals surface area (Å²) in [5.41, 5.74) is -0.614. The molecule has 0 saturated carbocycles. The minimum absolute atomic E-state index is 0.0702. The molecule has 2 bridgehead atoms. The zero-order chi connectivity index (χ0) is 23.3. The van der Waals surface area contributed by atoms with Crippen molar-refractivity contribution in [2.45, 2.75) is 96.9 Å². The number of rotatable bonds is 3. The molecular formula is C24H36O7. The maximum atomic E-state index is 11.8. The molecule has 3 rings (SSSR count). The summed E-state index contributed by atoms with van der Waals surface area (Å²) in [5.74, 6) is -1.82. The zero-order valence-electron chi connectivity index (χ0n) is 19.5. The Morgan fingerprint density at radius 2 is 1.81 bits per heavy atom. The SMILES string of the molecule is CC(=O)OC1C=C(C)C2C3CC(C)=CCC(OC(C)=O)C(C)(O)C(O3)C2C1C(C)(C)O. The number of hydrogen-bond acceptors (Lipinski definition) is 7. The molecule has 0 spiro atoms. The number of aliphatic hydroxyl groups is 2. The van der Waals surface area contributed by atoms with Gasteiger partial charge in [-0.2, -0.15) is 0 Å². The fourth-order valence-electron chi connectivity index (χ4n) is 5.87. The molecular weight excluding hydrogens is 400 g/mol. The molecule has 7 heteroatoms. The highest BCUT2D eigenvalue weighted by Crippen LogP contribution is 2.54. The molecule has 1 aliphatic carbocycles. The molecule has 0 aromatic rings. The first-order chi connectivity index (χ1) is 14.2. The molecule has 1 fully saturated rings. The van der Waals surface area contributed by atoms with Crippen LogP contribution in [0.5, 0.6) is 0 Å². The van der Waals surface area contributed by atoms with Crippen LogP contribution in [0.4, 0.5) is 0 Å². The van der Waals surface area contributed by atoms with Gasteiger partial charge in [0, 0.05) is 38.0 Å². The number of carbonyl (C=O) groups is 2. The zero-order valence-corrected chi connectivity index (χ0v) is 19.5. The van der Waals surface area contributed by atoms with Crippen LogP contribution in [0.2, 0.25) is 0 Å². The van der Waals surface area contributed by atoms with Crippen LogP contribution in [0.3, 0.4) is 0 Å². The predicted octanol–water partition coefficient (Wildman–Crippen LogP) is 2.69. The summed E-state index contributed by atoms with van der Waals surface area (Å²) in [6.07, 6.45) is 2.58. The lowest BCUT2D eigenvalue weighted by molar-refractivity contribution is -0.196. The van der Waals surface area contributed by atoms with Gasteiger partial charge in [-0.05, 0) is 47.1 Å². The molecule has 8 atom stereocenters. The summed E-state index contributed by atoms with van der Waals surface area (Å²) in [4.78, 5) is 23.6. The molecule has 174 valence electrons.